The van der Waals surface area contributed by atoms with Crippen LogP contribution in [-0.2, 0) is 6.54 Å². The highest BCUT2D eigenvalue weighted by molar-refractivity contribution is 6.05. The second-order valence-electron chi connectivity index (χ2n) is 7.57. The van der Waals surface area contributed by atoms with E-state index < -0.39 is 10.8 Å². The molecule has 184 valence electrons. The number of methoxy groups -OCH3 is 2. The first-order valence-electron chi connectivity index (χ1n) is 10.5. The van der Waals surface area contributed by atoms with Gasteiger partial charge in [0.2, 0.25) is 0 Å². The number of non-ortho nitro benzene ring substituents is 1. The van der Waals surface area contributed by atoms with E-state index in [0.717, 1.165) is 31.5 Å². The van der Waals surface area contributed by atoms with Crippen molar-refractivity contribution < 1.29 is 19.2 Å². The number of nitro benzene ring substituents is 1. The van der Waals surface area contributed by atoms with E-state index in [2.05, 4.69) is 10.6 Å². The lowest BCUT2D eigenvalue weighted by Gasteiger charge is -2.35. The van der Waals surface area contributed by atoms with Crippen LogP contribution in [0.15, 0.2) is 36.4 Å². The molecule has 1 amide bonds. The number of guanidine groups is 1. The average Bonchev–Trinajstić information content (AvgIpc) is 2.82. The molecule has 2 aromatic carbocycles. The lowest BCUT2D eigenvalue weighted by Crippen LogP contribution is -2.49. The Morgan fingerprint density at radius 2 is 1.88 bits per heavy atom. The number of nitrogens with two attached hydrogens (primary N) is 1. The second-order valence-corrected chi connectivity index (χ2v) is 7.57. The Hall–Kier alpha value is -3.57. The van der Waals surface area contributed by atoms with Gasteiger partial charge in [0, 0.05) is 24.7 Å². The van der Waals surface area contributed by atoms with E-state index in [9.17, 15) is 14.9 Å². The minimum atomic E-state index is -0.558. The minimum Gasteiger partial charge on any atom is -0.493 e. The number of ether oxygens (including phenoxy) is 2. The molecule has 0 atom stereocenters. The number of anilines is 1. The first-order valence-corrected chi connectivity index (χ1v) is 10.5. The maximum absolute atomic E-state index is 13.2. The van der Waals surface area contributed by atoms with E-state index in [4.69, 9.17) is 20.6 Å². The number of carbonyl (C=O) groups is 1. The van der Waals surface area contributed by atoms with Crippen LogP contribution >= 0.6 is 12.4 Å². The van der Waals surface area contributed by atoms with Gasteiger partial charge in [0.25, 0.3) is 11.6 Å². The molecule has 1 fully saturated rings. The summed E-state index contributed by atoms with van der Waals surface area (Å²) in [6.07, 6.45) is 1.45. The fourth-order valence-corrected chi connectivity index (χ4v) is 3.89. The van der Waals surface area contributed by atoms with E-state index in [1.165, 1.54) is 32.4 Å². The number of halogens is 1. The van der Waals surface area contributed by atoms with Crippen molar-refractivity contribution in [3.05, 3.63) is 57.6 Å². The number of hydrogen-bond donors (Lipinski definition) is 4. The molecule has 5 N–H and O–H groups in total. The van der Waals surface area contributed by atoms with Crippen LogP contribution in [0.1, 0.15) is 28.8 Å². The first-order chi connectivity index (χ1) is 15.8. The van der Waals surface area contributed by atoms with Crippen LogP contribution in [0.2, 0.25) is 0 Å². The summed E-state index contributed by atoms with van der Waals surface area (Å²) in [6.45, 7) is 1.67. The number of nitrogens with zero attached hydrogens (tertiary/aromatic N) is 2. The number of amides is 1. The Morgan fingerprint density at radius 3 is 2.47 bits per heavy atom. The van der Waals surface area contributed by atoms with Crippen LogP contribution in [0.4, 0.5) is 11.4 Å². The molecule has 1 heterocycles. The van der Waals surface area contributed by atoms with Gasteiger partial charge in [-0.25, -0.2) is 0 Å². The Bertz CT molecular complexity index is 1040. The molecule has 12 heteroatoms. The number of rotatable bonds is 8. The molecule has 34 heavy (non-hydrogen) atoms. The number of benzene rings is 2. The average molecular weight is 493 g/mol. The molecule has 0 aromatic heterocycles. The highest BCUT2D eigenvalue weighted by atomic mass is 35.5. The number of piperidine rings is 1. The topological polar surface area (TPSA) is 156 Å². The molecule has 1 aliphatic heterocycles. The fraction of sp³-hybridized carbons (Fsp3) is 0.364. The molecule has 11 nitrogen and oxygen atoms in total. The smallest absolute Gasteiger partial charge is 0.270 e. The third kappa shape index (κ3) is 6.06. The molecule has 3 rings (SSSR count). The normalized spacial score (nSPS) is 13.4. The van der Waals surface area contributed by atoms with Gasteiger partial charge in [-0.1, -0.05) is 6.07 Å². The molecule has 1 saturated heterocycles. The van der Waals surface area contributed by atoms with Crippen LogP contribution < -0.4 is 30.7 Å². The molecule has 0 radical (unpaired) electrons. The number of carbonyl (C=O) groups excluding carboxylic acids is 1. The molecule has 0 aliphatic carbocycles. The molecule has 0 saturated carbocycles. The first kappa shape index (κ1) is 26.7. The molecular formula is C22H29ClN6O5. The van der Waals surface area contributed by atoms with Crippen molar-refractivity contribution >= 4 is 35.6 Å². The summed E-state index contributed by atoms with van der Waals surface area (Å²) in [5.41, 5.74) is 6.88. The fourth-order valence-electron chi connectivity index (χ4n) is 3.89. The molecule has 0 spiro atoms. The van der Waals surface area contributed by atoms with Crippen molar-refractivity contribution in [2.75, 3.05) is 32.2 Å². The Labute approximate surface area is 203 Å². The monoisotopic (exact) mass is 492 g/mol. The quantitative estimate of drug-likeness (QED) is 0.189. The maximum atomic E-state index is 13.2. The van der Waals surface area contributed by atoms with Crippen LogP contribution in [0.3, 0.4) is 0 Å². The van der Waals surface area contributed by atoms with E-state index in [1.807, 2.05) is 0 Å². The van der Waals surface area contributed by atoms with Crippen molar-refractivity contribution in [2.45, 2.75) is 25.4 Å². The van der Waals surface area contributed by atoms with Crippen LogP contribution in [0.25, 0.3) is 0 Å². The summed E-state index contributed by atoms with van der Waals surface area (Å²) in [6, 6.07) is 9.17. The lowest BCUT2D eigenvalue weighted by molar-refractivity contribution is -0.384. The molecule has 1 aliphatic rings. The third-order valence-electron chi connectivity index (χ3n) is 5.53. The summed E-state index contributed by atoms with van der Waals surface area (Å²) in [7, 11) is 3.05. The summed E-state index contributed by atoms with van der Waals surface area (Å²) in [5.74, 6) is 0.356. The van der Waals surface area contributed by atoms with Crippen LogP contribution in [-0.4, -0.2) is 50.1 Å². The van der Waals surface area contributed by atoms with Gasteiger partial charge >= 0.3 is 0 Å². The van der Waals surface area contributed by atoms with E-state index in [-0.39, 0.29) is 42.2 Å². The predicted molar refractivity (Wildman–Crippen MR) is 131 cm³/mol. The summed E-state index contributed by atoms with van der Waals surface area (Å²) in [5, 5.41) is 25.5. The SMILES string of the molecule is COc1ccc(CNC(=O)c2cc([N+](=O)[O-])ccc2N(C(=N)N)C2CCNCC2)cc1OC.Cl. The van der Waals surface area contributed by atoms with Gasteiger partial charge in [-0.3, -0.25) is 20.3 Å². The molecular weight excluding hydrogens is 464 g/mol. The van der Waals surface area contributed by atoms with Crippen molar-refractivity contribution in [3.8, 4) is 11.5 Å². The van der Waals surface area contributed by atoms with Crippen LogP contribution in [0, 0.1) is 15.5 Å². The van der Waals surface area contributed by atoms with Gasteiger partial charge in [-0.2, -0.15) is 0 Å². The zero-order valence-electron chi connectivity index (χ0n) is 19.0. The largest absolute Gasteiger partial charge is 0.493 e. The lowest BCUT2D eigenvalue weighted by atomic mass is 10.0. The predicted octanol–water partition coefficient (Wildman–Crippen LogP) is 2.42. The van der Waals surface area contributed by atoms with E-state index in [1.54, 1.807) is 23.1 Å². The number of nitrogens with one attached hydrogen (secondary N) is 3. The Balaban J connectivity index is 0.00000408. The highest BCUT2D eigenvalue weighted by Gasteiger charge is 2.28. The van der Waals surface area contributed by atoms with E-state index >= 15 is 0 Å². The van der Waals surface area contributed by atoms with Gasteiger partial charge in [0.1, 0.15) is 0 Å². The van der Waals surface area contributed by atoms with Crippen molar-refractivity contribution in [1.29, 1.82) is 5.41 Å². The zero-order chi connectivity index (χ0) is 24.0. The number of nitro groups is 1. The number of hydrogen-bond acceptors (Lipinski definition) is 7. The van der Waals surface area contributed by atoms with Crippen molar-refractivity contribution in [2.24, 2.45) is 5.73 Å². The van der Waals surface area contributed by atoms with Crippen molar-refractivity contribution in [3.63, 3.8) is 0 Å². The summed E-state index contributed by atoms with van der Waals surface area (Å²) < 4.78 is 10.5. The van der Waals surface area contributed by atoms with Gasteiger partial charge in [-0.05, 0) is 49.7 Å². The van der Waals surface area contributed by atoms with Gasteiger partial charge in [0.15, 0.2) is 17.5 Å². The van der Waals surface area contributed by atoms with Crippen LogP contribution in [0.5, 0.6) is 11.5 Å². The standard InChI is InChI=1S/C22H28N6O5.ClH/c1-32-19-6-3-14(11-20(19)33-2)13-26-21(29)17-12-16(28(30)31)4-5-18(17)27(22(23)24)15-7-9-25-10-8-15;/h3-6,11-12,15,25H,7-10,13H2,1-2H3,(H3,23,24)(H,26,29);1H. The molecule has 0 bridgehead atoms. The summed E-state index contributed by atoms with van der Waals surface area (Å²) >= 11 is 0. The van der Waals surface area contributed by atoms with Crippen molar-refractivity contribution in [1.82, 2.24) is 10.6 Å². The highest BCUT2D eigenvalue weighted by Crippen LogP contribution is 2.30. The third-order valence-corrected chi connectivity index (χ3v) is 5.53. The Kier molecular flexibility index (Phi) is 9.46. The Morgan fingerprint density at radius 1 is 1.21 bits per heavy atom. The molecule has 2 aromatic rings. The second kappa shape index (κ2) is 12.1. The minimum absolute atomic E-state index is 0. The maximum Gasteiger partial charge on any atom is 0.270 e. The van der Waals surface area contributed by atoms with Gasteiger partial charge in [-0.15, -0.1) is 12.4 Å². The van der Waals surface area contributed by atoms with Gasteiger partial charge < -0.3 is 30.7 Å². The van der Waals surface area contributed by atoms with E-state index in [0.29, 0.717) is 17.2 Å². The molecule has 0 unspecified atom stereocenters. The van der Waals surface area contributed by atoms with Gasteiger partial charge in [0.05, 0.1) is 30.4 Å². The summed E-state index contributed by atoms with van der Waals surface area (Å²) in [4.78, 5) is 25.5. The zero-order valence-corrected chi connectivity index (χ0v) is 19.8.